The van der Waals surface area contributed by atoms with Gasteiger partial charge in [-0.3, -0.25) is 4.79 Å². The zero-order chi connectivity index (χ0) is 18.3. The summed E-state index contributed by atoms with van der Waals surface area (Å²) in [6.45, 7) is 4.24. The number of aryl methyl sites for hydroxylation is 1. The molecule has 26 heavy (non-hydrogen) atoms. The van der Waals surface area contributed by atoms with Crippen molar-refractivity contribution in [1.82, 2.24) is 9.88 Å². The van der Waals surface area contributed by atoms with Gasteiger partial charge in [0.05, 0.1) is 17.7 Å². The highest BCUT2D eigenvalue weighted by Gasteiger charge is 2.50. The summed E-state index contributed by atoms with van der Waals surface area (Å²) in [5.74, 6) is 0.765. The number of pyridine rings is 1. The third-order valence-corrected chi connectivity index (χ3v) is 6.55. The monoisotopic (exact) mass is 361 g/mol. The van der Waals surface area contributed by atoms with Crippen LogP contribution in [0, 0.1) is 18.2 Å². The lowest BCUT2D eigenvalue weighted by Gasteiger charge is -2.41. The minimum atomic E-state index is -0.323. The zero-order valence-corrected chi connectivity index (χ0v) is 15.5. The fraction of sp³-hybridized carbons (Fsp3) is 0.700. The van der Waals surface area contributed by atoms with Crippen molar-refractivity contribution in [3.63, 3.8) is 0 Å². The molecule has 3 heterocycles. The molecule has 4 rings (SSSR count). The van der Waals surface area contributed by atoms with Crippen LogP contribution in [0.25, 0.3) is 0 Å². The molecule has 1 N–H and O–H groups in total. The molecule has 3 aliphatic rings. The maximum absolute atomic E-state index is 13.4. The topological polar surface area (TPSA) is 56.7 Å². The molecule has 1 atom stereocenters. The molecule has 3 fully saturated rings. The molecule has 2 aliphatic heterocycles. The normalized spacial score (nSPS) is 32.5. The number of amides is 1. The lowest BCUT2D eigenvalue weighted by atomic mass is 9.78. The lowest BCUT2D eigenvalue weighted by molar-refractivity contribution is -0.139. The van der Waals surface area contributed by atoms with Gasteiger partial charge in [-0.25, -0.2) is 9.37 Å². The first-order valence-corrected chi connectivity index (χ1v) is 9.85. The van der Waals surface area contributed by atoms with Crippen LogP contribution in [0.3, 0.4) is 0 Å². The molecular weight excluding hydrogens is 333 g/mol. The molecule has 0 aromatic carbocycles. The highest BCUT2D eigenvalue weighted by Crippen LogP contribution is 2.43. The van der Waals surface area contributed by atoms with Crippen molar-refractivity contribution in [3.05, 3.63) is 23.6 Å². The predicted molar refractivity (Wildman–Crippen MR) is 97.4 cm³/mol. The number of rotatable bonds is 2. The molecule has 2 saturated heterocycles. The molecule has 1 unspecified atom stereocenters. The van der Waals surface area contributed by atoms with Crippen LogP contribution >= 0.6 is 0 Å². The van der Waals surface area contributed by atoms with Crippen molar-refractivity contribution in [2.45, 2.75) is 64.0 Å². The van der Waals surface area contributed by atoms with Crippen LogP contribution in [0.4, 0.5) is 10.2 Å². The van der Waals surface area contributed by atoms with E-state index in [-0.39, 0.29) is 29.3 Å². The number of aliphatic hydroxyl groups is 1. The summed E-state index contributed by atoms with van der Waals surface area (Å²) in [5, 5.41) is 9.74. The summed E-state index contributed by atoms with van der Waals surface area (Å²) in [4.78, 5) is 21.9. The van der Waals surface area contributed by atoms with E-state index in [1.807, 2.05) is 6.92 Å². The number of halogens is 1. The maximum atomic E-state index is 13.4. The van der Waals surface area contributed by atoms with Crippen LogP contribution in [0.5, 0.6) is 0 Å². The van der Waals surface area contributed by atoms with Gasteiger partial charge >= 0.3 is 0 Å². The van der Waals surface area contributed by atoms with E-state index in [0.29, 0.717) is 6.54 Å². The van der Waals surface area contributed by atoms with Gasteiger partial charge in [-0.05, 0) is 63.5 Å². The van der Waals surface area contributed by atoms with Gasteiger partial charge in [-0.15, -0.1) is 0 Å². The number of aliphatic hydroxyl groups excluding tert-OH is 1. The summed E-state index contributed by atoms with van der Waals surface area (Å²) < 4.78 is 13.4. The molecule has 0 radical (unpaired) electrons. The highest BCUT2D eigenvalue weighted by atomic mass is 19.1. The largest absolute Gasteiger partial charge is 0.393 e. The Morgan fingerprint density at radius 1 is 1.23 bits per heavy atom. The number of hydrogen-bond acceptors (Lipinski definition) is 4. The number of hydrogen-bond donors (Lipinski definition) is 1. The number of aromatic nitrogens is 1. The number of carbonyl (C=O) groups excluding carboxylic acids is 1. The second-order valence-corrected chi connectivity index (χ2v) is 8.31. The Morgan fingerprint density at radius 3 is 2.73 bits per heavy atom. The predicted octanol–water partition coefficient (Wildman–Crippen LogP) is 2.65. The summed E-state index contributed by atoms with van der Waals surface area (Å²) in [6, 6.07) is 1.80. The molecule has 1 aromatic rings. The molecule has 1 saturated carbocycles. The lowest BCUT2D eigenvalue weighted by Crippen LogP contribution is -2.50. The number of anilines is 1. The van der Waals surface area contributed by atoms with Gasteiger partial charge in [0.15, 0.2) is 0 Å². The van der Waals surface area contributed by atoms with Gasteiger partial charge < -0.3 is 14.9 Å². The van der Waals surface area contributed by atoms with Crippen LogP contribution < -0.4 is 4.90 Å². The first-order valence-electron chi connectivity index (χ1n) is 9.85. The zero-order valence-electron chi connectivity index (χ0n) is 15.5. The Labute approximate surface area is 154 Å². The van der Waals surface area contributed by atoms with Gasteiger partial charge in [0.2, 0.25) is 5.91 Å². The average molecular weight is 361 g/mol. The minimum absolute atomic E-state index is 0.199. The first-order chi connectivity index (χ1) is 12.5. The van der Waals surface area contributed by atoms with Crippen LogP contribution in [-0.4, -0.2) is 52.7 Å². The fourth-order valence-electron chi connectivity index (χ4n) is 5.12. The van der Waals surface area contributed by atoms with Crippen LogP contribution in [0.15, 0.2) is 12.3 Å². The molecular formula is C20H28FN3O2. The summed E-state index contributed by atoms with van der Waals surface area (Å²) in [6.07, 6.45) is 7.25. The van der Waals surface area contributed by atoms with E-state index in [1.165, 1.54) is 12.3 Å². The van der Waals surface area contributed by atoms with Crippen LogP contribution in [0.2, 0.25) is 0 Å². The van der Waals surface area contributed by atoms with Gasteiger partial charge in [0.25, 0.3) is 0 Å². The van der Waals surface area contributed by atoms with Crippen molar-refractivity contribution in [3.8, 4) is 0 Å². The fourth-order valence-corrected chi connectivity index (χ4v) is 5.12. The third kappa shape index (κ3) is 3.08. The van der Waals surface area contributed by atoms with E-state index in [2.05, 4.69) is 14.8 Å². The van der Waals surface area contributed by atoms with Gasteiger partial charge in [0.1, 0.15) is 11.6 Å². The number of piperidine rings is 1. The van der Waals surface area contributed by atoms with Crippen LogP contribution in [0.1, 0.15) is 50.5 Å². The van der Waals surface area contributed by atoms with Crippen molar-refractivity contribution < 1.29 is 14.3 Å². The maximum Gasteiger partial charge on any atom is 0.230 e. The first kappa shape index (κ1) is 17.7. The second-order valence-electron chi connectivity index (χ2n) is 8.31. The van der Waals surface area contributed by atoms with E-state index in [0.717, 1.165) is 69.4 Å². The summed E-state index contributed by atoms with van der Waals surface area (Å²) in [5.41, 5.74) is 0.502. The van der Waals surface area contributed by atoms with E-state index in [9.17, 15) is 14.3 Å². The van der Waals surface area contributed by atoms with Crippen LogP contribution in [-0.2, 0) is 4.79 Å². The van der Waals surface area contributed by atoms with Gasteiger partial charge in [-0.2, -0.15) is 0 Å². The quantitative estimate of drug-likeness (QED) is 0.880. The van der Waals surface area contributed by atoms with Gasteiger partial charge in [0, 0.05) is 25.7 Å². The Bertz CT molecular complexity index is 690. The minimum Gasteiger partial charge on any atom is -0.393 e. The summed E-state index contributed by atoms with van der Waals surface area (Å²) in [7, 11) is 0. The Hall–Kier alpha value is -1.69. The molecule has 1 spiro atoms. The third-order valence-electron chi connectivity index (χ3n) is 6.55. The molecule has 0 bridgehead atoms. The van der Waals surface area contributed by atoms with E-state index in [4.69, 9.17) is 0 Å². The van der Waals surface area contributed by atoms with Crippen molar-refractivity contribution in [2.75, 3.05) is 24.5 Å². The standard InChI is InChI=1S/C20H28FN3O2/c1-14-11-15(21)12-22-18(14)23-9-2-7-20(13-23)8-10-24(19(20)26)16-3-5-17(25)6-4-16/h11-12,16-17,25H,2-10,13H2,1H3/t16-,17-,20?. The Balaban J connectivity index is 1.50. The smallest absolute Gasteiger partial charge is 0.230 e. The number of carbonyl (C=O) groups is 1. The average Bonchev–Trinajstić information content (AvgIpc) is 2.92. The SMILES string of the molecule is Cc1cc(F)cnc1N1CCCC2(CCN([C@H]3CC[C@H](O)CC3)C2=O)C1. The molecule has 6 heteroatoms. The number of nitrogens with zero attached hydrogens (tertiary/aromatic N) is 3. The molecule has 1 amide bonds. The molecule has 1 aromatic heterocycles. The van der Waals surface area contributed by atoms with E-state index >= 15 is 0 Å². The Morgan fingerprint density at radius 2 is 2.00 bits per heavy atom. The van der Waals surface area contributed by atoms with E-state index in [1.54, 1.807) is 0 Å². The highest BCUT2D eigenvalue weighted by molar-refractivity contribution is 5.86. The van der Waals surface area contributed by atoms with E-state index < -0.39 is 0 Å². The van der Waals surface area contributed by atoms with Crippen molar-refractivity contribution >= 4 is 11.7 Å². The van der Waals surface area contributed by atoms with Gasteiger partial charge in [-0.1, -0.05) is 0 Å². The summed E-state index contributed by atoms with van der Waals surface area (Å²) >= 11 is 0. The molecule has 1 aliphatic carbocycles. The second kappa shape index (κ2) is 6.80. The Kier molecular flexibility index (Phi) is 4.63. The van der Waals surface area contributed by atoms with Crippen molar-refractivity contribution in [2.24, 2.45) is 5.41 Å². The molecule has 142 valence electrons. The molecule has 5 nitrogen and oxygen atoms in total. The van der Waals surface area contributed by atoms with Crippen molar-refractivity contribution in [1.29, 1.82) is 0 Å². The number of likely N-dealkylation sites (tertiary alicyclic amines) is 1.